The lowest BCUT2D eigenvalue weighted by Crippen LogP contribution is -2.33. The smallest absolute Gasteiger partial charge is 0.407 e. The second-order valence-electron chi connectivity index (χ2n) is 7.82. The van der Waals surface area contributed by atoms with Gasteiger partial charge in [-0.2, -0.15) is 0 Å². The number of halogens is 1. The maximum absolute atomic E-state index is 13.2. The number of aromatic nitrogens is 1. The topological polar surface area (TPSA) is 64.2 Å². The molecule has 1 fully saturated rings. The summed E-state index contributed by atoms with van der Waals surface area (Å²) in [6.45, 7) is 1.80. The molecule has 31 heavy (non-hydrogen) atoms. The molecule has 0 saturated heterocycles. The fraction of sp³-hybridized carbons (Fsp3) is 0.348. The molecule has 1 aromatic heterocycles. The van der Waals surface area contributed by atoms with Crippen molar-refractivity contribution in [3.63, 3.8) is 0 Å². The Morgan fingerprint density at radius 1 is 1.23 bits per heavy atom. The largest absolute Gasteiger partial charge is 0.426 e. The first-order valence-corrected chi connectivity index (χ1v) is 12.4. The highest BCUT2D eigenvalue weighted by molar-refractivity contribution is 9.10. The molecule has 0 radical (unpaired) electrons. The van der Waals surface area contributed by atoms with Gasteiger partial charge in [-0.1, -0.05) is 71.3 Å². The number of carbonyl (C=O) groups excluding carboxylic acids is 1. The first kappa shape index (κ1) is 22.3. The van der Waals surface area contributed by atoms with Gasteiger partial charge in [-0.3, -0.25) is 4.79 Å². The second-order valence-corrected chi connectivity index (χ2v) is 10.5. The number of oxazole rings is 1. The van der Waals surface area contributed by atoms with E-state index in [9.17, 15) is 9.59 Å². The van der Waals surface area contributed by atoms with Crippen molar-refractivity contribution < 1.29 is 9.21 Å². The maximum Gasteiger partial charge on any atom is 0.426 e. The molecule has 0 spiro atoms. The number of hydrogen-bond donors (Lipinski definition) is 1. The molecule has 1 N–H and O–H groups in total. The van der Waals surface area contributed by atoms with Gasteiger partial charge in [0.05, 0.1) is 11.4 Å². The summed E-state index contributed by atoms with van der Waals surface area (Å²) in [5, 5.41) is 3.46. The summed E-state index contributed by atoms with van der Waals surface area (Å²) in [7, 11) is 0. The number of fused-ring (bicyclic) bond motifs is 1. The molecular weight excluding hydrogens is 496 g/mol. The lowest BCUT2D eigenvalue weighted by atomic mass is 9.96. The minimum atomic E-state index is -0.673. The van der Waals surface area contributed by atoms with Gasteiger partial charge in [0, 0.05) is 15.4 Å². The SMILES string of the molecule is CC(C(=O)n1c(=O)oc2cc(Br)ccc21)c1cccc(SC(=S)NC2CCCCC2)c1. The highest BCUT2D eigenvalue weighted by atomic mass is 79.9. The lowest BCUT2D eigenvalue weighted by Gasteiger charge is -2.23. The van der Waals surface area contributed by atoms with Crippen molar-refractivity contribution in [2.24, 2.45) is 0 Å². The summed E-state index contributed by atoms with van der Waals surface area (Å²) in [4.78, 5) is 26.5. The van der Waals surface area contributed by atoms with Crippen molar-refractivity contribution in [3.05, 3.63) is 63.1 Å². The van der Waals surface area contributed by atoms with Crippen LogP contribution in [0.4, 0.5) is 0 Å². The molecule has 1 saturated carbocycles. The average molecular weight is 519 g/mol. The van der Waals surface area contributed by atoms with Crippen molar-refractivity contribution in [3.8, 4) is 0 Å². The van der Waals surface area contributed by atoms with E-state index in [2.05, 4.69) is 21.2 Å². The van der Waals surface area contributed by atoms with Crippen LogP contribution in [0.5, 0.6) is 0 Å². The summed E-state index contributed by atoms with van der Waals surface area (Å²) >= 11 is 10.4. The Balaban J connectivity index is 1.51. The molecule has 3 aromatic rings. The Kier molecular flexibility index (Phi) is 6.99. The third kappa shape index (κ3) is 5.13. The number of nitrogens with zero attached hydrogens (tertiary/aromatic N) is 1. The van der Waals surface area contributed by atoms with Crippen molar-refractivity contribution in [2.75, 3.05) is 0 Å². The quantitative estimate of drug-likeness (QED) is 0.332. The average Bonchev–Trinajstić information content (AvgIpc) is 3.08. The van der Waals surface area contributed by atoms with Crippen LogP contribution in [0.15, 0.2) is 61.0 Å². The van der Waals surface area contributed by atoms with Crippen LogP contribution in [0.3, 0.4) is 0 Å². The molecule has 5 nitrogen and oxygen atoms in total. The maximum atomic E-state index is 13.2. The molecule has 1 aliphatic carbocycles. The molecule has 4 rings (SSSR count). The van der Waals surface area contributed by atoms with Crippen LogP contribution in [0.1, 0.15) is 55.3 Å². The molecule has 0 amide bonds. The highest BCUT2D eigenvalue weighted by Crippen LogP contribution is 2.27. The van der Waals surface area contributed by atoms with E-state index in [4.69, 9.17) is 16.6 Å². The van der Waals surface area contributed by atoms with E-state index < -0.39 is 11.7 Å². The van der Waals surface area contributed by atoms with Crippen LogP contribution >= 0.6 is 39.9 Å². The van der Waals surface area contributed by atoms with Crippen LogP contribution < -0.4 is 11.1 Å². The van der Waals surface area contributed by atoms with Crippen LogP contribution in [0, 0.1) is 0 Å². The van der Waals surface area contributed by atoms with E-state index in [0.717, 1.165) is 36.7 Å². The van der Waals surface area contributed by atoms with Crippen LogP contribution in [-0.4, -0.2) is 20.8 Å². The first-order valence-electron chi connectivity index (χ1n) is 10.4. The normalized spacial score (nSPS) is 15.7. The Morgan fingerprint density at radius 2 is 2.00 bits per heavy atom. The minimum Gasteiger partial charge on any atom is -0.407 e. The molecule has 0 aliphatic heterocycles. The number of nitrogens with one attached hydrogen (secondary N) is 1. The third-order valence-electron chi connectivity index (χ3n) is 5.63. The van der Waals surface area contributed by atoms with E-state index >= 15 is 0 Å². The van der Waals surface area contributed by atoms with E-state index in [1.165, 1.54) is 31.0 Å². The summed E-state index contributed by atoms with van der Waals surface area (Å²) in [6.07, 6.45) is 6.13. The van der Waals surface area contributed by atoms with Gasteiger partial charge in [0.1, 0.15) is 4.32 Å². The predicted molar refractivity (Wildman–Crippen MR) is 132 cm³/mol. The molecule has 162 valence electrons. The highest BCUT2D eigenvalue weighted by Gasteiger charge is 2.23. The Morgan fingerprint density at radius 3 is 2.77 bits per heavy atom. The van der Waals surface area contributed by atoms with Gasteiger partial charge in [-0.05, 0) is 55.7 Å². The number of carbonyl (C=O) groups is 1. The molecule has 8 heteroatoms. The number of benzene rings is 2. The molecule has 1 aliphatic rings. The number of rotatable bonds is 4. The Bertz CT molecular complexity index is 1180. The van der Waals surface area contributed by atoms with Gasteiger partial charge < -0.3 is 9.73 Å². The summed E-state index contributed by atoms with van der Waals surface area (Å²) in [5.41, 5.74) is 1.67. The standard InChI is InChI=1S/C23H23BrN2O3S2/c1-14(21(27)26-19-11-10-16(24)13-20(19)29-23(26)28)15-6-5-9-18(12-15)31-22(30)25-17-7-3-2-4-8-17/h5-6,9-14,17H,2-4,7-8H2,1H3,(H,25,30). The van der Waals surface area contributed by atoms with Crippen LogP contribution in [0.2, 0.25) is 0 Å². The van der Waals surface area contributed by atoms with Crippen molar-refractivity contribution in [1.29, 1.82) is 0 Å². The number of hydrogen-bond acceptors (Lipinski definition) is 5. The molecule has 1 unspecified atom stereocenters. The van der Waals surface area contributed by atoms with Gasteiger partial charge in [-0.15, -0.1) is 0 Å². The fourth-order valence-corrected chi connectivity index (χ4v) is 5.51. The Hall–Kier alpha value is -1.90. The Labute approximate surface area is 198 Å². The molecular formula is C23H23BrN2O3S2. The summed E-state index contributed by atoms with van der Waals surface area (Å²) in [6, 6.07) is 13.4. The van der Waals surface area contributed by atoms with Gasteiger partial charge in [-0.25, -0.2) is 9.36 Å². The summed E-state index contributed by atoms with van der Waals surface area (Å²) < 4.78 is 7.91. The van der Waals surface area contributed by atoms with Gasteiger partial charge in [0.2, 0.25) is 5.91 Å². The first-order chi connectivity index (χ1) is 14.9. The van der Waals surface area contributed by atoms with Crippen LogP contribution in [-0.2, 0) is 0 Å². The molecule has 1 heterocycles. The van der Waals surface area contributed by atoms with E-state index in [1.54, 1.807) is 25.1 Å². The number of thiocarbonyl (C=S) groups is 1. The van der Waals surface area contributed by atoms with Gasteiger partial charge >= 0.3 is 5.76 Å². The van der Waals surface area contributed by atoms with Crippen molar-refractivity contribution in [2.45, 2.75) is 55.9 Å². The predicted octanol–water partition coefficient (Wildman–Crippen LogP) is 6.10. The van der Waals surface area contributed by atoms with E-state index in [0.29, 0.717) is 17.1 Å². The van der Waals surface area contributed by atoms with Crippen LogP contribution in [0.25, 0.3) is 11.1 Å². The lowest BCUT2D eigenvalue weighted by molar-refractivity contribution is 0.0881. The zero-order valence-corrected chi connectivity index (χ0v) is 20.3. The van der Waals surface area contributed by atoms with E-state index in [-0.39, 0.29) is 5.91 Å². The molecule has 0 bridgehead atoms. The zero-order chi connectivity index (χ0) is 22.0. The second kappa shape index (κ2) is 9.71. The molecule has 1 atom stereocenters. The van der Waals surface area contributed by atoms with E-state index in [1.807, 2.05) is 24.3 Å². The minimum absolute atomic E-state index is 0.323. The third-order valence-corrected chi connectivity index (χ3v) is 7.28. The monoisotopic (exact) mass is 518 g/mol. The van der Waals surface area contributed by atoms with Crippen molar-refractivity contribution >= 4 is 61.2 Å². The fourth-order valence-electron chi connectivity index (χ4n) is 3.93. The number of thioether (sulfide) groups is 1. The van der Waals surface area contributed by atoms with Gasteiger partial charge in [0.25, 0.3) is 0 Å². The van der Waals surface area contributed by atoms with Crippen molar-refractivity contribution in [1.82, 2.24) is 9.88 Å². The summed E-state index contributed by atoms with van der Waals surface area (Å²) in [5.74, 6) is -1.51. The van der Waals surface area contributed by atoms with Gasteiger partial charge in [0.15, 0.2) is 5.58 Å². The zero-order valence-electron chi connectivity index (χ0n) is 17.1. The molecule has 2 aromatic carbocycles.